The monoisotopic (exact) mass is 477 g/mol. The summed E-state index contributed by atoms with van der Waals surface area (Å²) in [6.45, 7) is -0.494. The molecule has 2 heterocycles. The number of nitrogens with zero attached hydrogens (tertiary/aromatic N) is 2. The van der Waals surface area contributed by atoms with E-state index in [1.807, 2.05) is 0 Å². The summed E-state index contributed by atoms with van der Waals surface area (Å²) < 4.78 is 37.5. The van der Waals surface area contributed by atoms with Gasteiger partial charge in [0.1, 0.15) is 26.7 Å². The highest BCUT2D eigenvalue weighted by Gasteiger charge is 2.23. The van der Waals surface area contributed by atoms with E-state index in [2.05, 4.69) is 10.3 Å². The minimum absolute atomic E-state index is 0.00552. The third-order valence-electron chi connectivity index (χ3n) is 4.98. The number of carbonyl (C=O) groups is 1. The number of carbonyl (C=O) groups excluding carboxylic acids is 1. The van der Waals surface area contributed by atoms with E-state index in [1.165, 1.54) is 22.9 Å². The van der Waals surface area contributed by atoms with E-state index in [1.54, 1.807) is 18.2 Å². The molecule has 0 fully saturated rings. The predicted octanol–water partition coefficient (Wildman–Crippen LogP) is 0.989. The van der Waals surface area contributed by atoms with Crippen LogP contribution in [-0.2, 0) is 22.8 Å². The zero-order chi connectivity index (χ0) is 24.2. The van der Waals surface area contributed by atoms with Gasteiger partial charge in [0.2, 0.25) is 0 Å². The van der Waals surface area contributed by atoms with Crippen molar-refractivity contribution in [1.29, 1.82) is 0 Å². The van der Waals surface area contributed by atoms with Gasteiger partial charge in [-0.1, -0.05) is 12.1 Å². The van der Waals surface area contributed by atoms with Crippen molar-refractivity contribution in [2.24, 2.45) is 0 Å². The van der Waals surface area contributed by atoms with Crippen LogP contribution in [0.5, 0.6) is 5.75 Å². The number of aromatic hydroxyl groups is 1. The Kier molecular flexibility index (Phi) is 7.44. The number of halogens is 1. The smallest absolute Gasteiger partial charge is 0.267 e. The first-order chi connectivity index (χ1) is 15.6. The molecule has 0 spiro atoms. The van der Waals surface area contributed by atoms with E-state index in [-0.39, 0.29) is 48.7 Å². The molecular weight excluding hydrogens is 453 g/mol. The van der Waals surface area contributed by atoms with Crippen molar-refractivity contribution >= 4 is 26.8 Å². The van der Waals surface area contributed by atoms with Crippen LogP contribution in [0.3, 0.4) is 0 Å². The van der Waals surface area contributed by atoms with Crippen molar-refractivity contribution in [3.05, 3.63) is 69.4 Å². The third-order valence-corrected chi connectivity index (χ3v) is 6.01. The molecule has 2 aromatic heterocycles. The first-order valence-electron chi connectivity index (χ1n) is 10.2. The van der Waals surface area contributed by atoms with Crippen LogP contribution in [0.1, 0.15) is 27.9 Å². The molecule has 0 saturated carbocycles. The van der Waals surface area contributed by atoms with Crippen molar-refractivity contribution in [1.82, 2.24) is 14.9 Å². The average Bonchev–Trinajstić information content (AvgIpc) is 2.75. The Balaban J connectivity index is 2.11. The molecule has 0 aliphatic rings. The molecular formula is C22H24FN3O6S. The summed E-state index contributed by atoms with van der Waals surface area (Å²) in [5.74, 6) is -2.01. The molecule has 0 radical (unpaired) electrons. The summed E-state index contributed by atoms with van der Waals surface area (Å²) in [5, 5.41) is 21.9. The number of hydrogen-bond acceptors (Lipinski definition) is 7. The number of nitrogens with one attached hydrogen (secondary N) is 1. The first-order valence-corrected chi connectivity index (χ1v) is 12.2. The Morgan fingerprint density at radius 2 is 1.91 bits per heavy atom. The van der Waals surface area contributed by atoms with Gasteiger partial charge in [-0.05, 0) is 42.2 Å². The molecule has 3 N–H and O–H groups in total. The number of aliphatic hydroxyl groups excluding tert-OH is 1. The molecule has 33 heavy (non-hydrogen) atoms. The van der Waals surface area contributed by atoms with Crippen LogP contribution in [0.4, 0.5) is 4.39 Å². The van der Waals surface area contributed by atoms with Gasteiger partial charge >= 0.3 is 0 Å². The van der Waals surface area contributed by atoms with E-state index in [9.17, 15) is 27.5 Å². The van der Waals surface area contributed by atoms with E-state index >= 15 is 0 Å². The van der Waals surface area contributed by atoms with Gasteiger partial charge in [-0.25, -0.2) is 12.8 Å². The van der Waals surface area contributed by atoms with Crippen molar-refractivity contribution < 1.29 is 27.8 Å². The number of aryl methyl sites for hydroxylation is 1. The zero-order valence-electron chi connectivity index (χ0n) is 17.9. The lowest BCUT2D eigenvalue weighted by Gasteiger charge is -2.15. The number of fused-ring (bicyclic) bond motifs is 1. The fourth-order valence-corrected chi connectivity index (χ4v) is 4.10. The molecule has 0 aliphatic carbocycles. The number of rotatable bonds is 9. The lowest BCUT2D eigenvalue weighted by Crippen LogP contribution is -2.35. The largest absolute Gasteiger partial charge is 0.505 e. The fourth-order valence-electron chi connectivity index (χ4n) is 3.45. The Bertz CT molecular complexity index is 1340. The quantitative estimate of drug-likeness (QED) is 0.418. The van der Waals surface area contributed by atoms with Gasteiger partial charge < -0.3 is 20.1 Å². The fraction of sp³-hybridized carbons (Fsp3) is 0.318. The molecule has 1 aromatic carbocycles. The number of aromatic nitrogens is 2. The summed E-state index contributed by atoms with van der Waals surface area (Å²) in [6, 6.07) is 7.51. The van der Waals surface area contributed by atoms with Crippen LogP contribution in [0.2, 0.25) is 0 Å². The Morgan fingerprint density at radius 3 is 2.55 bits per heavy atom. The predicted molar refractivity (Wildman–Crippen MR) is 121 cm³/mol. The van der Waals surface area contributed by atoms with Crippen LogP contribution in [0.15, 0.2) is 41.3 Å². The van der Waals surface area contributed by atoms with Gasteiger partial charge in [0, 0.05) is 25.5 Å². The third kappa shape index (κ3) is 5.93. The van der Waals surface area contributed by atoms with E-state index in [0.29, 0.717) is 12.0 Å². The van der Waals surface area contributed by atoms with Crippen LogP contribution < -0.4 is 10.9 Å². The van der Waals surface area contributed by atoms with Gasteiger partial charge in [0.05, 0.1) is 17.9 Å². The highest BCUT2D eigenvalue weighted by atomic mass is 32.2. The van der Waals surface area contributed by atoms with Gasteiger partial charge in [-0.2, -0.15) is 0 Å². The normalized spacial score (nSPS) is 11.6. The standard InChI is InChI=1S/C22H24FN3O6S/c1-33(31,32)10-2-8-26-17-12-15(11-14-3-5-16(23)6-4-14)13-25-19(17)20(28)18(22(26)30)21(29)24-7-9-27/h3-6,12-13,27-28H,2,7-11H2,1H3,(H,24,29). The molecule has 0 aliphatic heterocycles. The molecule has 0 saturated heterocycles. The highest BCUT2D eigenvalue weighted by molar-refractivity contribution is 7.90. The second kappa shape index (κ2) is 10.1. The summed E-state index contributed by atoms with van der Waals surface area (Å²) in [6.07, 6.45) is 3.05. The van der Waals surface area contributed by atoms with Crippen LogP contribution in [0, 0.1) is 5.82 Å². The summed E-state index contributed by atoms with van der Waals surface area (Å²) >= 11 is 0. The summed E-state index contributed by atoms with van der Waals surface area (Å²) in [4.78, 5) is 29.8. The van der Waals surface area contributed by atoms with Gasteiger partial charge in [0.15, 0.2) is 5.75 Å². The summed E-state index contributed by atoms with van der Waals surface area (Å²) in [7, 11) is -3.28. The maximum Gasteiger partial charge on any atom is 0.267 e. The van der Waals surface area contributed by atoms with Crippen molar-refractivity contribution in [3.63, 3.8) is 0 Å². The first kappa shape index (κ1) is 24.3. The molecule has 0 atom stereocenters. The molecule has 0 unspecified atom stereocenters. The number of amides is 1. The van der Waals surface area contributed by atoms with Gasteiger partial charge in [-0.15, -0.1) is 0 Å². The SMILES string of the molecule is CS(=O)(=O)CCCn1c(=O)c(C(=O)NCCO)c(O)c2ncc(Cc3ccc(F)cc3)cc21. The van der Waals surface area contributed by atoms with E-state index in [0.717, 1.165) is 11.8 Å². The van der Waals surface area contributed by atoms with Crippen molar-refractivity contribution in [3.8, 4) is 5.75 Å². The maximum absolute atomic E-state index is 13.2. The Hall–Kier alpha value is -3.31. The van der Waals surface area contributed by atoms with Crippen molar-refractivity contribution in [2.75, 3.05) is 25.2 Å². The Morgan fingerprint density at radius 1 is 1.21 bits per heavy atom. The van der Waals surface area contributed by atoms with Crippen LogP contribution in [0.25, 0.3) is 11.0 Å². The van der Waals surface area contributed by atoms with Crippen molar-refractivity contribution in [2.45, 2.75) is 19.4 Å². The molecule has 11 heteroatoms. The zero-order valence-corrected chi connectivity index (χ0v) is 18.7. The molecule has 176 valence electrons. The molecule has 3 aromatic rings. The summed E-state index contributed by atoms with van der Waals surface area (Å²) in [5.41, 5.74) is 0.379. The number of sulfone groups is 1. The second-order valence-electron chi connectivity index (χ2n) is 7.66. The van der Waals surface area contributed by atoms with Crippen LogP contribution >= 0.6 is 0 Å². The maximum atomic E-state index is 13.2. The average molecular weight is 478 g/mol. The van der Waals surface area contributed by atoms with Gasteiger partial charge in [0.25, 0.3) is 11.5 Å². The number of pyridine rings is 2. The Labute approximate surface area is 189 Å². The van der Waals surface area contributed by atoms with Gasteiger partial charge in [-0.3, -0.25) is 14.6 Å². The lowest BCUT2D eigenvalue weighted by molar-refractivity contribution is 0.0940. The lowest BCUT2D eigenvalue weighted by atomic mass is 10.1. The second-order valence-corrected chi connectivity index (χ2v) is 9.92. The number of benzene rings is 1. The van der Waals surface area contributed by atoms with E-state index < -0.39 is 32.6 Å². The minimum atomic E-state index is -3.28. The minimum Gasteiger partial charge on any atom is -0.505 e. The van der Waals surface area contributed by atoms with E-state index in [4.69, 9.17) is 5.11 Å². The molecule has 1 amide bonds. The number of hydrogen-bond donors (Lipinski definition) is 3. The molecule has 3 rings (SSSR count). The highest BCUT2D eigenvalue weighted by Crippen LogP contribution is 2.26. The molecule has 0 bridgehead atoms. The number of aliphatic hydroxyl groups is 1. The molecule has 9 nitrogen and oxygen atoms in total. The topological polar surface area (TPSA) is 139 Å². The van der Waals surface area contributed by atoms with Crippen LogP contribution in [-0.4, -0.2) is 59.2 Å².